The van der Waals surface area contributed by atoms with Crippen LogP contribution in [0.5, 0.6) is 0 Å². The molecule has 8 nitrogen and oxygen atoms in total. The highest BCUT2D eigenvalue weighted by Crippen LogP contribution is 2.36. The summed E-state index contributed by atoms with van der Waals surface area (Å²) in [5, 5.41) is 17.0. The van der Waals surface area contributed by atoms with Crippen LogP contribution in [0.25, 0.3) is 0 Å². The maximum absolute atomic E-state index is 12.1. The Kier molecular flexibility index (Phi) is 4.09. The zero-order valence-electron chi connectivity index (χ0n) is 10.0. The van der Waals surface area contributed by atoms with Crippen molar-refractivity contribution in [2.75, 3.05) is 0 Å². The van der Waals surface area contributed by atoms with E-state index in [0.717, 1.165) is 6.07 Å². The summed E-state index contributed by atoms with van der Waals surface area (Å²) >= 11 is 6.29. The highest BCUT2D eigenvalue weighted by atomic mass is 35.5. The quantitative estimate of drug-likeness (QED) is 0.640. The molecule has 20 heavy (non-hydrogen) atoms. The second-order valence-electron chi connectivity index (χ2n) is 3.86. The molecule has 0 aromatic carbocycles. The Morgan fingerprint density at radius 3 is 2.80 bits per heavy atom. The Morgan fingerprint density at radius 2 is 2.30 bits per heavy atom. The van der Waals surface area contributed by atoms with Gasteiger partial charge in [0.1, 0.15) is 4.21 Å². The Bertz CT molecular complexity index is 725. The van der Waals surface area contributed by atoms with Gasteiger partial charge in [0.15, 0.2) is 4.34 Å². The van der Waals surface area contributed by atoms with Crippen LogP contribution in [0.2, 0.25) is 4.34 Å². The van der Waals surface area contributed by atoms with Crippen LogP contribution in [0.4, 0.5) is 5.69 Å². The lowest BCUT2D eigenvalue weighted by Crippen LogP contribution is -2.25. The first-order valence-electron chi connectivity index (χ1n) is 5.26. The lowest BCUT2D eigenvalue weighted by atomic mass is 10.2. The maximum atomic E-state index is 12.1. The van der Waals surface area contributed by atoms with Crippen molar-refractivity contribution in [2.45, 2.75) is 17.2 Å². The molecule has 0 radical (unpaired) electrons. The molecule has 11 heteroatoms. The van der Waals surface area contributed by atoms with Gasteiger partial charge in [-0.1, -0.05) is 11.6 Å². The highest BCUT2D eigenvalue weighted by Gasteiger charge is 2.26. The zero-order valence-corrected chi connectivity index (χ0v) is 12.4. The number of rotatable bonds is 5. The van der Waals surface area contributed by atoms with Crippen LogP contribution in [0.15, 0.2) is 22.7 Å². The van der Waals surface area contributed by atoms with Gasteiger partial charge in [-0.3, -0.25) is 15.2 Å². The fraction of sp³-hybridized carbons (Fsp3) is 0.222. The van der Waals surface area contributed by atoms with E-state index in [1.54, 1.807) is 13.1 Å². The van der Waals surface area contributed by atoms with Gasteiger partial charge in [-0.05, 0) is 6.92 Å². The van der Waals surface area contributed by atoms with Crippen LogP contribution < -0.4 is 4.72 Å². The van der Waals surface area contributed by atoms with E-state index in [1.807, 2.05) is 0 Å². The van der Waals surface area contributed by atoms with Crippen molar-refractivity contribution in [2.24, 2.45) is 0 Å². The summed E-state index contributed by atoms with van der Waals surface area (Å²) in [4.78, 5) is 9.95. The predicted molar refractivity (Wildman–Crippen MR) is 73.3 cm³/mol. The molecule has 0 aliphatic rings. The molecule has 0 saturated carbocycles. The average Bonchev–Trinajstić information content (AvgIpc) is 2.96. The van der Waals surface area contributed by atoms with E-state index in [-0.39, 0.29) is 8.55 Å². The van der Waals surface area contributed by atoms with Crippen LogP contribution >= 0.6 is 22.9 Å². The third kappa shape index (κ3) is 2.98. The first-order valence-corrected chi connectivity index (χ1v) is 7.94. The smallest absolute Gasteiger partial charge is 0.285 e. The van der Waals surface area contributed by atoms with Gasteiger partial charge in [-0.15, -0.1) is 11.3 Å². The zero-order chi connectivity index (χ0) is 14.9. The third-order valence-electron chi connectivity index (χ3n) is 2.46. The average molecular weight is 337 g/mol. The van der Waals surface area contributed by atoms with E-state index in [4.69, 9.17) is 11.6 Å². The molecule has 2 aromatic heterocycles. The second kappa shape index (κ2) is 5.48. The molecule has 1 atom stereocenters. The van der Waals surface area contributed by atoms with Gasteiger partial charge in [-0.2, -0.15) is 5.10 Å². The molecule has 2 N–H and O–H groups in total. The van der Waals surface area contributed by atoms with Crippen LogP contribution in [-0.2, 0) is 10.0 Å². The number of nitrogens with one attached hydrogen (secondary N) is 2. The molecular formula is C9H9ClN4O4S2. The topological polar surface area (TPSA) is 118 Å². The van der Waals surface area contributed by atoms with Crippen molar-refractivity contribution in [3.63, 3.8) is 0 Å². The lowest BCUT2D eigenvalue weighted by Gasteiger charge is -2.10. The van der Waals surface area contributed by atoms with Crippen LogP contribution in [0.3, 0.4) is 0 Å². The minimum Gasteiger partial charge on any atom is -0.285 e. The number of aromatic amines is 1. The SMILES string of the molecule is CC(NS(=O)(=O)c1cc([N+](=O)[O-])c(Cl)s1)c1cn[nH]c1. The van der Waals surface area contributed by atoms with Crippen molar-refractivity contribution in [3.05, 3.63) is 38.5 Å². The molecule has 0 spiro atoms. The number of sulfonamides is 1. The van der Waals surface area contributed by atoms with Gasteiger partial charge in [0, 0.05) is 23.9 Å². The van der Waals surface area contributed by atoms with Crippen molar-refractivity contribution >= 4 is 38.6 Å². The number of nitro groups is 1. The fourth-order valence-electron chi connectivity index (χ4n) is 1.45. The third-order valence-corrected chi connectivity index (χ3v) is 5.81. The Morgan fingerprint density at radius 1 is 1.60 bits per heavy atom. The van der Waals surface area contributed by atoms with Gasteiger partial charge in [0.2, 0.25) is 0 Å². The number of hydrogen-bond donors (Lipinski definition) is 2. The van der Waals surface area contributed by atoms with Crippen LogP contribution in [0.1, 0.15) is 18.5 Å². The molecule has 0 aliphatic carbocycles. The number of hydrogen-bond acceptors (Lipinski definition) is 6. The monoisotopic (exact) mass is 336 g/mol. The lowest BCUT2D eigenvalue weighted by molar-refractivity contribution is -0.384. The van der Waals surface area contributed by atoms with Crippen molar-refractivity contribution in [1.82, 2.24) is 14.9 Å². The van der Waals surface area contributed by atoms with Gasteiger partial charge in [-0.25, -0.2) is 13.1 Å². The molecule has 0 amide bonds. The first kappa shape index (κ1) is 14.9. The summed E-state index contributed by atoms with van der Waals surface area (Å²) < 4.78 is 26.2. The standard InChI is InChI=1S/C9H9ClN4O4S2/c1-5(6-3-11-12-4-6)13-20(17,18)8-2-7(14(15)16)9(10)19-8/h2-5,13H,1H3,(H,11,12). The number of H-pyrrole nitrogens is 1. The maximum Gasteiger partial charge on any atom is 0.300 e. The van der Waals surface area contributed by atoms with E-state index >= 15 is 0 Å². The summed E-state index contributed by atoms with van der Waals surface area (Å²) in [7, 11) is -3.88. The molecule has 0 fully saturated rings. The fourth-order valence-corrected chi connectivity index (χ4v) is 4.36. The molecule has 2 rings (SSSR count). The van der Waals surface area contributed by atoms with E-state index in [1.165, 1.54) is 6.20 Å². The Hall–Kier alpha value is -1.49. The van der Waals surface area contributed by atoms with Crippen LogP contribution in [0, 0.1) is 10.1 Å². The summed E-state index contributed by atoms with van der Waals surface area (Å²) in [5.41, 5.74) is 0.221. The highest BCUT2D eigenvalue weighted by molar-refractivity contribution is 7.91. The summed E-state index contributed by atoms with van der Waals surface area (Å²) in [6, 6.07) is 0.413. The minimum atomic E-state index is -3.88. The van der Waals surface area contributed by atoms with Crippen LogP contribution in [-0.4, -0.2) is 23.5 Å². The molecule has 2 aromatic rings. The van der Waals surface area contributed by atoms with Crippen molar-refractivity contribution in [1.29, 1.82) is 0 Å². The van der Waals surface area contributed by atoms with Crippen molar-refractivity contribution < 1.29 is 13.3 Å². The van der Waals surface area contributed by atoms with E-state index in [0.29, 0.717) is 16.9 Å². The number of halogens is 1. The normalized spacial score (nSPS) is 13.3. The number of nitrogens with zero attached hydrogens (tertiary/aromatic N) is 2. The van der Waals surface area contributed by atoms with Gasteiger partial charge in [0.05, 0.1) is 11.1 Å². The Balaban J connectivity index is 2.27. The summed E-state index contributed by atoms with van der Waals surface area (Å²) in [6.07, 6.45) is 3.04. The molecule has 0 bridgehead atoms. The first-order chi connectivity index (χ1) is 9.31. The van der Waals surface area contributed by atoms with Gasteiger partial charge >= 0.3 is 0 Å². The predicted octanol–water partition coefficient (Wildman–Crippen LogP) is 2.07. The molecule has 1 unspecified atom stereocenters. The van der Waals surface area contributed by atoms with Gasteiger partial charge < -0.3 is 0 Å². The molecule has 0 saturated heterocycles. The van der Waals surface area contributed by atoms with E-state index < -0.39 is 26.7 Å². The molecule has 2 heterocycles. The molecule has 108 valence electrons. The largest absolute Gasteiger partial charge is 0.300 e. The number of aromatic nitrogens is 2. The van der Waals surface area contributed by atoms with E-state index in [9.17, 15) is 18.5 Å². The second-order valence-corrected chi connectivity index (χ2v) is 7.45. The summed E-state index contributed by atoms with van der Waals surface area (Å²) in [6.45, 7) is 1.63. The molecule has 0 aliphatic heterocycles. The Labute approximate surface area is 123 Å². The summed E-state index contributed by atoms with van der Waals surface area (Å²) in [5.74, 6) is 0. The van der Waals surface area contributed by atoms with E-state index in [2.05, 4.69) is 14.9 Å². The minimum absolute atomic E-state index is 0.175. The van der Waals surface area contributed by atoms with Gasteiger partial charge in [0.25, 0.3) is 15.7 Å². The molecular weight excluding hydrogens is 328 g/mol. The number of thiophene rings is 1. The van der Waals surface area contributed by atoms with Crippen molar-refractivity contribution in [3.8, 4) is 0 Å².